The van der Waals surface area contributed by atoms with Crippen molar-refractivity contribution in [2.24, 2.45) is 11.7 Å². The molecule has 2 atom stereocenters. The standard InChI is InChI=1S/C11H21NO4/c1-2-3-4-5-6-8(10(13)14)7-9(12)11(15)16/h8-9H,2-7,12H2,1H3,(H,13,14)(H,15,16)/t8-,9-/m0/s1. The molecule has 0 radical (unpaired) electrons. The van der Waals surface area contributed by atoms with E-state index in [2.05, 4.69) is 6.92 Å². The van der Waals surface area contributed by atoms with Crippen molar-refractivity contribution < 1.29 is 19.8 Å². The number of unbranched alkanes of at least 4 members (excludes halogenated alkanes) is 3. The van der Waals surface area contributed by atoms with E-state index in [4.69, 9.17) is 15.9 Å². The van der Waals surface area contributed by atoms with Gasteiger partial charge in [-0.2, -0.15) is 0 Å². The minimum atomic E-state index is -1.14. The molecule has 4 N–H and O–H groups in total. The van der Waals surface area contributed by atoms with E-state index in [0.717, 1.165) is 25.7 Å². The van der Waals surface area contributed by atoms with E-state index in [1.807, 2.05) is 0 Å². The van der Waals surface area contributed by atoms with Crippen LogP contribution in [-0.4, -0.2) is 28.2 Å². The molecule has 5 heteroatoms. The number of hydrogen-bond donors (Lipinski definition) is 3. The van der Waals surface area contributed by atoms with Crippen molar-refractivity contribution in [3.05, 3.63) is 0 Å². The molecule has 0 saturated carbocycles. The summed E-state index contributed by atoms with van der Waals surface area (Å²) in [5, 5.41) is 17.5. The Hall–Kier alpha value is -1.10. The molecular formula is C11H21NO4. The van der Waals surface area contributed by atoms with Gasteiger partial charge in [0, 0.05) is 0 Å². The summed E-state index contributed by atoms with van der Waals surface area (Å²) in [5.41, 5.74) is 5.32. The van der Waals surface area contributed by atoms with Gasteiger partial charge in [-0.15, -0.1) is 0 Å². The van der Waals surface area contributed by atoms with Crippen LogP contribution in [0.5, 0.6) is 0 Å². The Kier molecular flexibility index (Phi) is 7.54. The summed E-state index contributed by atoms with van der Waals surface area (Å²) in [6, 6.07) is -1.08. The van der Waals surface area contributed by atoms with Crippen LogP contribution in [-0.2, 0) is 9.59 Å². The van der Waals surface area contributed by atoms with Crippen molar-refractivity contribution >= 4 is 11.9 Å². The second kappa shape index (κ2) is 8.10. The van der Waals surface area contributed by atoms with E-state index in [9.17, 15) is 9.59 Å². The molecule has 0 unspecified atom stereocenters. The molecule has 5 nitrogen and oxygen atoms in total. The van der Waals surface area contributed by atoms with E-state index in [1.165, 1.54) is 0 Å². The third-order valence-electron chi connectivity index (χ3n) is 2.61. The average Bonchev–Trinajstić information content (AvgIpc) is 2.21. The molecule has 0 saturated heterocycles. The molecule has 94 valence electrons. The number of carbonyl (C=O) groups is 2. The third kappa shape index (κ3) is 6.40. The van der Waals surface area contributed by atoms with Crippen LogP contribution in [0, 0.1) is 5.92 Å². The Morgan fingerprint density at radius 2 is 1.75 bits per heavy atom. The maximum atomic E-state index is 10.9. The Labute approximate surface area is 95.6 Å². The minimum absolute atomic E-state index is 0.0107. The van der Waals surface area contributed by atoms with Crippen LogP contribution in [0.1, 0.15) is 45.4 Å². The molecule has 0 amide bonds. The summed E-state index contributed by atoms with van der Waals surface area (Å²) in [6.07, 6.45) is 4.50. The molecule has 0 aliphatic heterocycles. The first kappa shape index (κ1) is 14.9. The highest BCUT2D eigenvalue weighted by Crippen LogP contribution is 2.16. The summed E-state index contributed by atoms with van der Waals surface area (Å²) in [4.78, 5) is 21.4. The molecule has 0 spiro atoms. The Bertz CT molecular complexity index is 230. The van der Waals surface area contributed by atoms with Gasteiger partial charge in [0.2, 0.25) is 0 Å². The fourth-order valence-electron chi connectivity index (χ4n) is 1.57. The second-order valence-corrected chi connectivity index (χ2v) is 4.06. The van der Waals surface area contributed by atoms with E-state index in [1.54, 1.807) is 0 Å². The van der Waals surface area contributed by atoms with Crippen LogP contribution in [0.25, 0.3) is 0 Å². The Morgan fingerprint density at radius 3 is 2.19 bits per heavy atom. The largest absolute Gasteiger partial charge is 0.481 e. The SMILES string of the molecule is CCCCCC[C@@H](C[C@H](N)C(=O)O)C(=O)O. The van der Waals surface area contributed by atoms with Crippen molar-refractivity contribution in [2.45, 2.75) is 51.5 Å². The van der Waals surface area contributed by atoms with Crippen LogP contribution in [0.15, 0.2) is 0 Å². The van der Waals surface area contributed by atoms with Crippen molar-refractivity contribution in [1.29, 1.82) is 0 Å². The van der Waals surface area contributed by atoms with Crippen molar-refractivity contribution in [1.82, 2.24) is 0 Å². The summed E-state index contributed by atoms with van der Waals surface area (Å²) in [5.74, 6) is -2.73. The van der Waals surface area contributed by atoms with Crippen LogP contribution in [0.4, 0.5) is 0 Å². The van der Waals surface area contributed by atoms with Crippen LogP contribution < -0.4 is 5.73 Å². The van der Waals surface area contributed by atoms with Crippen LogP contribution >= 0.6 is 0 Å². The third-order valence-corrected chi connectivity index (χ3v) is 2.61. The lowest BCUT2D eigenvalue weighted by molar-refractivity contribution is -0.143. The molecule has 0 bridgehead atoms. The minimum Gasteiger partial charge on any atom is -0.481 e. The van der Waals surface area contributed by atoms with Gasteiger partial charge in [0.25, 0.3) is 0 Å². The first-order valence-corrected chi connectivity index (χ1v) is 5.70. The Morgan fingerprint density at radius 1 is 1.12 bits per heavy atom. The second-order valence-electron chi connectivity index (χ2n) is 4.06. The molecule has 0 aromatic heterocycles. The Balaban J connectivity index is 3.98. The van der Waals surface area contributed by atoms with E-state index in [0.29, 0.717) is 6.42 Å². The van der Waals surface area contributed by atoms with E-state index in [-0.39, 0.29) is 6.42 Å². The van der Waals surface area contributed by atoms with Gasteiger partial charge in [-0.25, -0.2) is 0 Å². The molecule has 0 aliphatic rings. The number of carboxylic acid groups (broad SMARTS) is 2. The van der Waals surface area contributed by atoms with Gasteiger partial charge >= 0.3 is 11.9 Å². The average molecular weight is 231 g/mol. The molecule has 0 fully saturated rings. The van der Waals surface area contributed by atoms with Gasteiger partial charge in [0.05, 0.1) is 5.92 Å². The van der Waals surface area contributed by atoms with Gasteiger partial charge < -0.3 is 15.9 Å². The molecule has 0 heterocycles. The first-order valence-electron chi connectivity index (χ1n) is 5.70. The quantitative estimate of drug-likeness (QED) is 0.521. The predicted molar refractivity (Wildman–Crippen MR) is 60.1 cm³/mol. The lowest BCUT2D eigenvalue weighted by atomic mass is 9.94. The molecule has 0 rings (SSSR count). The predicted octanol–water partition coefficient (Wildman–Crippen LogP) is 1.46. The highest BCUT2D eigenvalue weighted by atomic mass is 16.4. The maximum Gasteiger partial charge on any atom is 0.320 e. The smallest absolute Gasteiger partial charge is 0.320 e. The first-order chi connectivity index (χ1) is 7.49. The van der Waals surface area contributed by atoms with Crippen LogP contribution in [0.3, 0.4) is 0 Å². The highest BCUT2D eigenvalue weighted by Gasteiger charge is 2.23. The van der Waals surface area contributed by atoms with E-state index >= 15 is 0 Å². The van der Waals surface area contributed by atoms with Crippen molar-refractivity contribution in [3.63, 3.8) is 0 Å². The summed E-state index contributed by atoms with van der Waals surface area (Å²) in [7, 11) is 0. The summed E-state index contributed by atoms with van der Waals surface area (Å²) in [6.45, 7) is 2.08. The monoisotopic (exact) mass is 231 g/mol. The zero-order valence-corrected chi connectivity index (χ0v) is 9.69. The number of nitrogens with two attached hydrogens (primary N) is 1. The van der Waals surface area contributed by atoms with Crippen molar-refractivity contribution in [3.8, 4) is 0 Å². The zero-order valence-electron chi connectivity index (χ0n) is 9.69. The van der Waals surface area contributed by atoms with Crippen LogP contribution in [0.2, 0.25) is 0 Å². The summed E-state index contributed by atoms with van der Waals surface area (Å²) >= 11 is 0. The van der Waals surface area contributed by atoms with Crippen molar-refractivity contribution in [2.75, 3.05) is 0 Å². The molecule has 16 heavy (non-hydrogen) atoms. The zero-order chi connectivity index (χ0) is 12.6. The highest BCUT2D eigenvalue weighted by molar-refractivity contribution is 5.75. The summed E-state index contributed by atoms with van der Waals surface area (Å²) < 4.78 is 0. The fraction of sp³-hybridized carbons (Fsp3) is 0.818. The lowest BCUT2D eigenvalue weighted by Crippen LogP contribution is -2.34. The number of hydrogen-bond acceptors (Lipinski definition) is 3. The number of aliphatic carboxylic acids is 2. The molecular weight excluding hydrogens is 210 g/mol. The maximum absolute atomic E-state index is 10.9. The van der Waals surface area contributed by atoms with Gasteiger partial charge in [0.1, 0.15) is 6.04 Å². The van der Waals surface area contributed by atoms with E-state index < -0.39 is 23.9 Å². The fourth-order valence-corrected chi connectivity index (χ4v) is 1.57. The molecule has 0 aliphatic carbocycles. The normalized spacial score (nSPS) is 14.4. The number of rotatable bonds is 9. The topological polar surface area (TPSA) is 101 Å². The lowest BCUT2D eigenvalue weighted by Gasteiger charge is -2.14. The van der Waals surface area contributed by atoms with Gasteiger partial charge in [-0.3, -0.25) is 9.59 Å². The van der Waals surface area contributed by atoms with Gasteiger partial charge in [0.15, 0.2) is 0 Å². The molecule has 0 aromatic carbocycles. The van der Waals surface area contributed by atoms with Gasteiger partial charge in [-0.05, 0) is 12.8 Å². The number of carboxylic acids is 2. The molecule has 0 aromatic rings. The van der Waals surface area contributed by atoms with Gasteiger partial charge in [-0.1, -0.05) is 32.6 Å².